The minimum atomic E-state index is -0.900. The number of carbonyl (C=O) groups excluding carboxylic acids is 1. The lowest BCUT2D eigenvalue weighted by atomic mass is 10.1. The van der Waals surface area contributed by atoms with Gasteiger partial charge in [0, 0.05) is 24.1 Å². The van der Waals surface area contributed by atoms with Crippen LogP contribution in [0.25, 0.3) is 22.2 Å². The summed E-state index contributed by atoms with van der Waals surface area (Å²) in [7, 11) is 0. The molecule has 134 valence electrons. The van der Waals surface area contributed by atoms with Gasteiger partial charge in [-0.05, 0) is 29.8 Å². The number of nitrogens with one attached hydrogen (secondary N) is 3. The molecule has 0 spiro atoms. The van der Waals surface area contributed by atoms with Gasteiger partial charge in [-0.25, -0.2) is 8.78 Å². The van der Waals surface area contributed by atoms with E-state index in [0.29, 0.717) is 11.8 Å². The number of nitrogens with zero attached hydrogens (tertiary/aromatic N) is 1. The van der Waals surface area contributed by atoms with E-state index < -0.39 is 23.0 Å². The van der Waals surface area contributed by atoms with Crippen LogP contribution in [0.2, 0.25) is 0 Å². The first-order valence-electron chi connectivity index (χ1n) is 7.94. The Bertz CT molecular complexity index is 1200. The minimum absolute atomic E-state index is 0.151. The molecule has 4 aromatic rings. The van der Waals surface area contributed by atoms with Gasteiger partial charge in [-0.1, -0.05) is 12.1 Å². The lowest BCUT2D eigenvalue weighted by Crippen LogP contribution is -2.22. The van der Waals surface area contributed by atoms with Gasteiger partial charge < -0.3 is 10.3 Å². The van der Waals surface area contributed by atoms with E-state index in [1.54, 1.807) is 36.5 Å². The summed E-state index contributed by atoms with van der Waals surface area (Å²) in [4.78, 5) is 27.4. The van der Waals surface area contributed by atoms with Crippen LogP contribution in [0.3, 0.4) is 0 Å². The number of amides is 1. The zero-order valence-electron chi connectivity index (χ0n) is 13.7. The molecule has 4 rings (SSSR count). The van der Waals surface area contributed by atoms with E-state index in [4.69, 9.17) is 0 Å². The Balaban J connectivity index is 1.63. The Hall–Kier alpha value is -3.81. The van der Waals surface area contributed by atoms with Gasteiger partial charge in [-0.15, -0.1) is 0 Å². The van der Waals surface area contributed by atoms with Gasteiger partial charge in [0.25, 0.3) is 5.91 Å². The molecule has 0 atom stereocenters. The Kier molecular flexibility index (Phi) is 4.00. The molecule has 0 unspecified atom stereocenters. The van der Waals surface area contributed by atoms with E-state index >= 15 is 0 Å². The van der Waals surface area contributed by atoms with Crippen molar-refractivity contribution in [1.82, 2.24) is 15.2 Å². The van der Waals surface area contributed by atoms with E-state index in [2.05, 4.69) is 20.5 Å². The molecule has 0 radical (unpaired) electrons. The molecule has 2 heterocycles. The Morgan fingerprint density at radius 1 is 1.07 bits per heavy atom. The van der Waals surface area contributed by atoms with Crippen LogP contribution in [0.1, 0.15) is 10.4 Å². The van der Waals surface area contributed by atoms with Crippen LogP contribution in [0.5, 0.6) is 0 Å². The molecule has 2 aromatic carbocycles. The molecular weight excluding hydrogens is 354 g/mol. The largest absolute Gasteiger partial charge is 0.358 e. The predicted molar refractivity (Wildman–Crippen MR) is 96.5 cm³/mol. The number of aromatic nitrogens is 3. The molecule has 0 bridgehead atoms. The highest BCUT2D eigenvalue weighted by Gasteiger charge is 2.16. The second-order valence-corrected chi connectivity index (χ2v) is 5.84. The molecule has 1 amide bonds. The first-order chi connectivity index (χ1) is 13.0. The Labute approximate surface area is 150 Å². The van der Waals surface area contributed by atoms with Gasteiger partial charge in [0.15, 0.2) is 0 Å². The first-order valence-corrected chi connectivity index (χ1v) is 7.94. The molecular formula is C19H12F2N4O2. The minimum Gasteiger partial charge on any atom is -0.358 e. The van der Waals surface area contributed by atoms with Crippen LogP contribution in [-0.4, -0.2) is 21.1 Å². The third-order valence-electron chi connectivity index (χ3n) is 4.10. The maximum atomic E-state index is 13.7. The average molecular weight is 366 g/mol. The molecule has 0 saturated heterocycles. The van der Waals surface area contributed by atoms with E-state index in [-0.39, 0.29) is 16.5 Å². The van der Waals surface area contributed by atoms with Crippen molar-refractivity contribution >= 4 is 22.5 Å². The van der Waals surface area contributed by atoms with Gasteiger partial charge in [0.1, 0.15) is 17.2 Å². The highest BCUT2D eigenvalue weighted by molar-refractivity contribution is 6.05. The highest BCUT2D eigenvalue weighted by Crippen LogP contribution is 2.20. The molecule has 2 aromatic heterocycles. The summed E-state index contributed by atoms with van der Waals surface area (Å²) in [6.07, 6.45) is 2.74. The Morgan fingerprint density at radius 3 is 2.56 bits per heavy atom. The molecule has 0 fully saturated rings. The number of rotatable bonds is 3. The molecule has 8 heteroatoms. The molecule has 0 saturated carbocycles. The van der Waals surface area contributed by atoms with Crippen LogP contribution in [-0.2, 0) is 0 Å². The topological polar surface area (TPSA) is 90.6 Å². The molecule has 6 nitrogen and oxygen atoms in total. The summed E-state index contributed by atoms with van der Waals surface area (Å²) in [6.45, 7) is 0. The summed E-state index contributed by atoms with van der Waals surface area (Å²) in [6, 6.07) is 10.3. The van der Waals surface area contributed by atoms with Gasteiger partial charge in [-0.2, -0.15) is 5.10 Å². The number of H-pyrrole nitrogens is 2. The third kappa shape index (κ3) is 3.08. The van der Waals surface area contributed by atoms with Crippen molar-refractivity contribution < 1.29 is 13.6 Å². The second kappa shape index (κ2) is 6.49. The number of hydrogen-bond donors (Lipinski definition) is 3. The molecule has 0 aliphatic heterocycles. The third-order valence-corrected chi connectivity index (χ3v) is 4.10. The number of fused-ring (bicyclic) bond motifs is 1. The van der Waals surface area contributed by atoms with Crippen molar-refractivity contribution in [3.05, 3.63) is 82.3 Å². The van der Waals surface area contributed by atoms with E-state index in [0.717, 1.165) is 23.5 Å². The number of anilines is 1. The number of aromatic amines is 2. The van der Waals surface area contributed by atoms with Gasteiger partial charge in [-0.3, -0.25) is 14.7 Å². The van der Waals surface area contributed by atoms with Crippen LogP contribution >= 0.6 is 0 Å². The molecule has 27 heavy (non-hydrogen) atoms. The van der Waals surface area contributed by atoms with Crippen LogP contribution < -0.4 is 10.7 Å². The number of pyridine rings is 1. The fourth-order valence-corrected chi connectivity index (χ4v) is 2.77. The maximum Gasteiger partial charge on any atom is 0.261 e. The van der Waals surface area contributed by atoms with E-state index in [1.165, 1.54) is 0 Å². The second-order valence-electron chi connectivity index (χ2n) is 5.84. The fourth-order valence-electron chi connectivity index (χ4n) is 2.77. The van der Waals surface area contributed by atoms with Crippen molar-refractivity contribution in [3.8, 4) is 11.3 Å². The number of benzene rings is 2. The summed E-state index contributed by atoms with van der Waals surface area (Å²) in [5.74, 6) is -2.47. The highest BCUT2D eigenvalue weighted by atomic mass is 19.1. The number of halogens is 2. The van der Waals surface area contributed by atoms with Crippen molar-refractivity contribution in [1.29, 1.82) is 0 Å². The first kappa shape index (κ1) is 16.6. The summed E-state index contributed by atoms with van der Waals surface area (Å²) < 4.78 is 27.2. The predicted octanol–water partition coefficient (Wildman–Crippen LogP) is 3.45. The molecule has 3 N–H and O–H groups in total. The molecule has 0 aliphatic rings. The Morgan fingerprint density at radius 2 is 1.85 bits per heavy atom. The number of hydrogen-bond acceptors (Lipinski definition) is 3. The number of carbonyl (C=O) groups is 1. The van der Waals surface area contributed by atoms with Gasteiger partial charge >= 0.3 is 0 Å². The quantitative estimate of drug-likeness (QED) is 0.519. The average Bonchev–Trinajstić information content (AvgIpc) is 3.18. The smallest absolute Gasteiger partial charge is 0.261 e. The van der Waals surface area contributed by atoms with E-state index in [1.807, 2.05) is 0 Å². The lowest BCUT2D eigenvalue weighted by molar-refractivity contribution is 0.102. The normalized spacial score (nSPS) is 10.9. The zero-order chi connectivity index (χ0) is 19.0. The zero-order valence-corrected chi connectivity index (χ0v) is 13.7. The van der Waals surface area contributed by atoms with E-state index in [9.17, 15) is 18.4 Å². The summed E-state index contributed by atoms with van der Waals surface area (Å²) in [5, 5.41) is 9.06. The van der Waals surface area contributed by atoms with Crippen LogP contribution in [0.4, 0.5) is 14.5 Å². The van der Waals surface area contributed by atoms with Gasteiger partial charge in [0.2, 0.25) is 5.43 Å². The van der Waals surface area contributed by atoms with Crippen LogP contribution in [0, 0.1) is 11.6 Å². The SMILES string of the molecule is O=C(Nc1ccc(-c2ccn[nH]2)cc1)c1c[nH]c2c(F)cc(F)cc2c1=O. The summed E-state index contributed by atoms with van der Waals surface area (Å²) >= 11 is 0. The molecule has 0 aliphatic carbocycles. The lowest BCUT2D eigenvalue weighted by Gasteiger charge is -2.07. The maximum absolute atomic E-state index is 13.7. The van der Waals surface area contributed by atoms with Gasteiger partial charge in [0.05, 0.1) is 16.6 Å². The fraction of sp³-hybridized carbons (Fsp3) is 0. The van der Waals surface area contributed by atoms with Crippen molar-refractivity contribution in [2.45, 2.75) is 0 Å². The monoisotopic (exact) mass is 366 g/mol. The van der Waals surface area contributed by atoms with Crippen molar-refractivity contribution in [3.63, 3.8) is 0 Å². The van der Waals surface area contributed by atoms with Crippen LogP contribution in [0.15, 0.2) is 59.7 Å². The van der Waals surface area contributed by atoms with Crippen molar-refractivity contribution in [2.24, 2.45) is 0 Å². The standard InChI is InChI=1S/C19H12F2N4O2/c20-11-7-13-17(15(21)8-11)22-9-14(18(13)26)19(27)24-12-3-1-10(2-4-12)16-5-6-23-25-16/h1-9H,(H,22,26)(H,23,25)(H,24,27). The van der Waals surface area contributed by atoms with Crippen molar-refractivity contribution in [2.75, 3.05) is 5.32 Å². The summed E-state index contributed by atoms with van der Waals surface area (Å²) in [5.41, 5.74) is 1.01.